The van der Waals surface area contributed by atoms with Crippen molar-refractivity contribution in [2.24, 2.45) is 0 Å². The molecule has 4 nitrogen and oxygen atoms in total. The molecule has 0 aromatic heterocycles. The zero-order valence-corrected chi connectivity index (χ0v) is 18.9. The Morgan fingerprint density at radius 3 is 1.35 bits per heavy atom. The molecule has 4 heteroatoms. The second kappa shape index (κ2) is 14.4. The standard InChI is InChI=1S/C27H36O4/c1-22(24-14-8-6-9-15-24)20-30-26(28)18-12-4-3-5-13-19-27(29)31-21-23(2)25-16-10-7-11-17-25/h6-11,14-17,22-23H,3-5,12-13,18-21H2,1-2H3. The van der Waals surface area contributed by atoms with E-state index in [2.05, 4.69) is 38.1 Å². The molecule has 0 fully saturated rings. The molecule has 2 aromatic rings. The van der Waals surface area contributed by atoms with Crippen molar-refractivity contribution >= 4 is 11.9 Å². The lowest BCUT2D eigenvalue weighted by Gasteiger charge is -2.12. The van der Waals surface area contributed by atoms with E-state index in [0.717, 1.165) is 32.1 Å². The van der Waals surface area contributed by atoms with Crippen LogP contribution in [0.25, 0.3) is 0 Å². The lowest BCUT2D eigenvalue weighted by Crippen LogP contribution is -2.11. The van der Waals surface area contributed by atoms with E-state index in [-0.39, 0.29) is 23.8 Å². The molecule has 0 N–H and O–H groups in total. The quantitative estimate of drug-likeness (QED) is 0.260. The molecular formula is C27H36O4. The number of hydrogen-bond donors (Lipinski definition) is 0. The van der Waals surface area contributed by atoms with Gasteiger partial charge < -0.3 is 9.47 Å². The van der Waals surface area contributed by atoms with Gasteiger partial charge in [-0.1, -0.05) is 93.8 Å². The SMILES string of the molecule is CC(COC(=O)CCCCCCCC(=O)OCC(C)c1ccccc1)c1ccccc1. The van der Waals surface area contributed by atoms with E-state index in [4.69, 9.17) is 9.47 Å². The Morgan fingerprint density at radius 2 is 0.968 bits per heavy atom. The summed E-state index contributed by atoms with van der Waals surface area (Å²) in [7, 11) is 0. The van der Waals surface area contributed by atoms with Gasteiger partial charge in [0.2, 0.25) is 0 Å². The van der Waals surface area contributed by atoms with Crippen LogP contribution in [0, 0.1) is 0 Å². The second-order valence-corrected chi connectivity index (χ2v) is 8.26. The van der Waals surface area contributed by atoms with Crippen molar-refractivity contribution in [3.63, 3.8) is 0 Å². The summed E-state index contributed by atoms with van der Waals surface area (Å²) >= 11 is 0. The first kappa shape index (κ1) is 24.6. The van der Waals surface area contributed by atoms with Gasteiger partial charge in [-0.3, -0.25) is 9.59 Å². The van der Waals surface area contributed by atoms with Crippen molar-refractivity contribution in [3.05, 3.63) is 71.8 Å². The smallest absolute Gasteiger partial charge is 0.305 e. The monoisotopic (exact) mass is 424 g/mol. The van der Waals surface area contributed by atoms with Crippen LogP contribution in [0.5, 0.6) is 0 Å². The van der Waals surface area contributed by atoms with Crippen molar-refractivity contribution < 1.29 is 19.1 Å². The summed E-state index contributed by atoms with van der Waals surface area (Å²) in [6.45, 7) is 4.98. The van der Waals surface area contributed by atoms with Crippen LogP contribution in [0.4, 0.5) is 0 Å². The minimum Gasteiger partial charge on any atom is -0.465 e. The Bertz CT molecular complexity index is 692. The van der Waals surface area contributed by atoms with E-state index in [9.17, 15) is 9.59 Å². The molecule has 0 aliphatic heterocycles. The zero-order valence-electron chi connectivity index (χ0n) is 18.9. The summed E-state index contributed by atoms with van der Waals surface area (Å²) in [6, 6.07) is 20.2. The Kier molecular flexibility index (Phi) is 11.4. The average Bonchev–Trinajstić information content (AvgIpc) is 2.81. The summed E-state index contributed by atoms with van der Waals surface area (Å²) in [5.74, 6) is 0.166. The van der Waals surface area contributed by atoms with Crippen molar-refractivity contribution in [2.45, 2.75) is 70.6 Å². The first-order chi connectivity index (χ1) is 15.1. The lowest BCUT2D eigenvalue weighted by atomic mass is 10.0. The summed E-state index contributed by atoms with van der Waals surface area (Å²) in [5, 5.41) is 0. The first-order valence-electron chi connectivity index (χ1n) is 11.5. The zero-order chi connectivity index (χ0) is 22.3. The molecule has 2 atom stereocenters. The molecule has 0 spiro atoms. The van der Waals surface area contributed by atoms with Gasteiger partial charge in [-0.15, -0.1) is 0 Å². The highest BCUT2D eigenvalue weighted by atomic mass is 16.5. The topological polar surface area (TPSA) is 52.6 Å². The van der Waals surface area contributed by atoms with Gasteiger partial charge in [-0.25, -0.2) is 0 Å². The van der Waals surface area contributed by atoms with Crippen molar-refractivity contribution in [1.29, 1.82) is 0 Å². The Labute approximate surface area is 187 Å². The van der Waals surface area contributed by atoms with Gasteiger partial charge in [0.25, 0.3) is 0 Å². The predicted molar refractivity (Wildman–Crippen MR) is 124 cm³/mol. The molecule has 168 valence electrons. The van der Waals surface area contributed by atoms with Crippen LogP contribution in [0.15, 0.2) is 60.7 Å². The van der Waals surface area contributed by atoms with Crippen LogP contribution in [0.2, 0.25) is 0 Å². The van der Waals surface area contributed by atoms with Gasteiger partial charge in [0.15, 0.2) is 0 Å². The van der Waals surface area contributed by atoms with E-state index in [1.165, 1.54) is 11.1 Å². The minimum atomic E-state index is -0.126. The highest BCUT2D eigenvalue weighted by molar-refractivity contribution is 5.69. The van der Waals surface area contributed by atoms with Crippen molar-refractivity contribution in [2.75, 3.05) is 13.2 Å². The van der Waals surface area contributed by atoms with Crippen LogP contribution in [0.1, 0.15) is 81.8 Å². The second-order valence-electron chi connectivity index (χ2n) is 8.26. The number of ether oxygens (including phenoxy) is 2. The van der Waals surface area contributed by atoms with Gasteiger partial charge in [-0.2, -0.15) is 0 Å². The van der Waals surface area contributed by atoms with Gasteiger partial charge in [0.1, 0.15) is 0 Å². The maximum atomic E-state index is 11.9. The number of carbonyl (C=O) groups is 2. The third-order valence-corrected chi connectivity index (χ3v) is 5.49. The maximum absolute atomic E-state index is 11.9. The largest absolute Gasteiger partial charge is 0.465 e. The molecule has 2 rings (SSSR count). The van der Waals surface area contributed by atoms with Gasteiger partial charge in [0.05, 0.1) is 13.2 Å². The third kappa shape index (κ3) is 10.3. The Balaban J connectivity index is 1.44. The first-order valence-corrected chi connectivity index (χ1v) is 11.5. The summed E-state index contributed by atoms with van der Waals surface area (Å²) in [6.07, 6.45) is 5.55. The van der Waals surface area contributed by atoms with Crippen LogP contribution in [-0.2, 0) is 19.1 Å². The number of unbranched alkanes of at least 4 members (excludes halogenated alkanes) is 4. The number of hydrogen-bond acceptors (Lipinski definition) is 4. The fourth-order valence-corrected chi connectivity index (χ4v) is 3.40. The highest BCUT2D eigenvalue weighted by Crippen LogP contribution is 2.17. The number of benzene rings is 2. The Hall–Kier alpha value is -2.62. The van der Waals surface area contributed by atoms with E-state index < -0.39 is 0 Å². The number of esters is 2. The summed E-state index contributed by atoms with van der Waals surface area (Å²) < 4.78 is 10.8. The molecule has 0 radical (unpaired) electrons. The third-order valence-electron chi connectivity index (χ3n) is 5.49. The molecule has 31 heavy (non-hydrogen) atoms. The molecule has 2 unspecified atom stereocenters. The van der Waals surface area contributed by atoms with E-state index in [1.54, 1.807) is 0 Å². The molecule has 0 heterocycles. The number of rotatable bonds is 14. The van der Waals surface area contributed by atoms with Gasteiger partial charge in [-0.05, 0) is 24.0 Å². The van der Waals surface area contributed by atoms with E-state index in [0.29, 0.717) is 26.1 Å². The Morgan fingerprint density at radius 1 is 0.613 bits per heavy atom. The van der Waals surface area contributed by atoms with Crippen molar-refractivity contribution in [3.8, 4) is 0 Å². The summed E-state index contributed by atoms with van der Waals surface area (Å²) in [4.78, 5) is 23.8. The summed E-state index contributed by atoms with van der Waals surface area (Å²) in [5.41, 5.74) is 2.37. The highest BCUT2D eigenvalue weighted by Gasteiger charge is 2.10. The fraction of sp³-hybridized carbons (Fsp3) is 0.481. The van der Waals surface area contributed by atoms with E-state index in [1.807, 2.05) is 36.4 Å². The fourth-order valence-electron chi connectivity index (χ4n) is 3.40. The maximum Gasteiger partial charge on any atom is 0.305 e. The molecule has 0 aliphatic carbocycles. The average molecular weight is 425 g/mol. The van der Waals surface area contributed by atoms with Crippen LogP contribution < -0.4 is 0 Å². The molecule has 0 aliphatic rings. The van der Waals surface area contributed by atoms with Gasteiger partial charge >= 0.3 is 11.9 Å². The van der Waals surface area contributed by atoms with E-state index >= 15 is 0 Å². The van der Waals surface area contributed by atoms with Gasteiger partial charge in [0, 0.05) is 24.7 Å². The normalized spacial score (nSPS) is 12.7. The molecular weight excluding hydrogens is 388 g/mol. The molecule has 0 saturated heterocycles. The van der Waals surface area contributed by atoms with Crippen LogP contribution in [0.3, 0.4) is 0 Å². The molecule has 0 amide bonds. The predicted octanol–water partition coefficient (Wildman–Crippen LogP) is 6.41. The van der Waals surface area contributed by atoms with Crippen molar-refractivity contribution in [1.82, 2.24) is 0 Å². The molecule has 0 bridgehead atoms. The number of carbonyl (C=O) groups excluding carboxylic acids is 2. The lowest BCUT2D eigenvalue weighted by molar-refractivity contribution is -0.145. The minimum absolute atomic E-state index is 0.126. The van der Waals surface area contributed by atoms with Crippen LogP contribution in [-0.4, -0.2) is 25.2 Å². The molecule has 0 saturated carbocycles. The molecule has 2 aromatic carbocycles. The van der Waals surface area contributed by atoms with Crippen LogP contribution >= 0.6 is 0 Å².